The minimum Gasteiger partial charge on any atom is -0.481 e. The fraction of sp³-hybridized carbons (Fsp3) is 0.714. The van der Waals surface area contributed by atoms with E-state index in [2.05, 4.69) is 4.74 Å². The molecule has 0 saturated heterocycles. The van der Waals surface area contributed by atoms with Crippen LogP contribution in [-0.2, 0) is 19.1 Å². The summed E-state index contributed by atoms with van der Waals surface area (Å²) in [4.78, 5) is 20.6. The van der Waals surface area contributed by atoms with Crippen molar-refractivity contribution in [1.82, 2.24) is 0 Å². The number of hydrogen-bond donors (Lipinski definition) is 2. The van der Waals surface area contributed by atoms with Crippen LogP contribution in [0, 0.1) is 0 Å². The van der Waals surface area contributed by atoms with Crippen LogP contribution in [0.25, 0.3) is 0 Å². The van der Waals surface area contributed by atoms with Gasteiger partial charge in [-0.05, 0) is 6.42 Å². The summed E-state index contributed by atoms with van der Waals surface area (Å²) in [7, 11) is 1.36. The zero-order chi connectivity index (χ0) is 10.3. The lowest BCUT2D eigenvalue weighted by atomic mass is 10.2. The molecule has 0 unspecified atom stereocenters. The normalized spacial score (nSPS) is 12.4. The molecule has 0 bridgehead atoms. The Kier molecular flexibility index (Phi) is 5.82. The molecule has 0 saturated carbocycles. The zero-order valence-electron chi connectivity index (χ0n) is 7.23. The Hall–Kier alpha value is -1.14. The average molecular weight is 192 g/mol. The highest BCUT2D eigenvalue weighted by atomic mass is 16.7. The molecular formula is C7H12O6. The Morgan fingerprint density at radius 3 is 2.38 bits per heavy atom. The van der Waals surface area contributed by atoms with Gasteiger partial charge in [0, 0.05) is 13.5 Å². The topological polar surface area (TPSA) is 93.1 Å². The van der Waals surface area contributed by atoms with E-state index in [9.17, 15) is 9.59 Å². The summed E-state index contributed by atoms with van der Waals surface area (Å²) >= 11 is 0. The van der Waals surface area contributed by atoms with E-state index in [1.165, 1.54) is 7.11 Å². The first-order valence-electron chi connectivity index (χ1n) is 3.63. The molecule has 0 amide bonds. The third-order valence-corrected chi connectivity index (χ3v) is 1.28. The first-order valence-corrected chi connectivity index (χ1v) is 3.63. The van der Waals surface area contributed by atoms with Gasteiger partial charge in [0.25, 0.3) is 0 Å². The Bertz CT molecular complexity index is 178. The maximum absolute atomic E-state index is 10.4. The van der Waals surface area contributed by atoms with Gasteiger partial charge in [0.1, 0.15) is 6.79 Å². The molecule has 0 radical (unpaired) electrons. The number of carboxylic acids is 2. The molecule has 0 aliphatic heterocycles. The number of carboxylic acid groups (broad SMARTS) is 2. The lowest BCUT2D eigenvalue weighted by Gasteiger charge is -2.10. The van der Waals surface area contributed by atoms with Gasteiger partial charge in [0.2, 0.25) is 0 Å². The second kappa shape index (κ2) is 6.38. The second-order valence-corrected chi connectivity index (χ2v) is 2.33. The van der Waals surface area contributed by atoms with E-state index in [0.717, 1.165) is 0 Å². The van der Waals surface area contributed by atoms with Gasteiger partial charge >= 0.3 is 11.9 Å². The van der Waals surface area contributed by atoms with E-state index in [4.69, 9.17) is 14.9 Å². The summed E-state index contributed by atoms with van der Waals surface area (Å²) in [6, 6.07) is 0. The van der Waals surface area contributed by atoms with Gasteiger partial charge in [-0.15, -0.1) is 0 Å². The first kappa shape index (κ1) is 11.9. The molecule has 6 heteroatoms. The minimum absolute atomic E-state index is 0.0615. The molecule has 6 nitrogen and oxygen atoms in total. The molecule has 0 aliphatic carbocycles. The average Bonchev–Trinajstić information content (AvgIpc) is 2.03. The van der Waals surface area contributed by atoms with Gasteiger partial charge in [-0.25, -0.2) is 4.79 Å². The number of aliphatic carboxylic acids is 2. The largest absolute Gasteiger partial charge is 0.481 e. The van der Waals surface area contributed by atoms with E-state index in [-0.39, 0.29) is 19.6 Å². The van der Waals surface area contributed by atoms with Crippen LogP contribution in [0.4, 0.5) is 0 Å². The third-order valence-electron chi connectivity index (χ3n) is 1.28. The molecule has 0 aromatic rings. The monoisotopic (exact) mass is 192 g/mol. The van der Waals surface area contributed by atoms with Gasteiger partial charge in [-0.1, -0.05) is 0 Å². The molecule has 0 heterocycles. The molecule has 0 aromatic heterocycles. The summed E-state index contributed by atoms with van der Waals surface area (Å²) in [5, 5.41) is 16.8. The highest BCUT2D eigenvalue weighted by Crippen LogP contribution is 2.02. The Labute approximate surface area is 75.1 Å². The molecule has 0 aromatic carbocycles. The summed E-state index contributed by atoms with van der Waals surface area (Å²) in [5.74, 6) is -2.23. The van der Waals surface area contributed by atoms with E-state index >= 15 is 0 Å². The third kappa shape index (κ3) is 6.06. The highest BCUT2D eigenvalue weighted by molar-refractivity contribution is 5.74. The van der Waals surface area contributed by atoms with Crippen LogP contribution >= 0.6 is 0 Å². The highest BCUT2D eigenvalue weighted by Gasteiger charge is 2.18. The van der Waals surface area contributed by atoms with Crippen molar-refractivity contribution in [2.75, 3.05) is 13.9 Å². The van der Waals surface area contributed by atoms with Gasteiger partial charge < -0.3 is 19.7 Å². The van der Waals surface area contributed by atoms with Crippen LogP contribution in [-0.4, -0.2) is 42.2 Å². The van der Waals surface area contributed by atoms with Crippen LogP contribution < -0.4 is 0 Å². The number of ether oxygens (including phenoxy) is 2. The van der Waals surface area contributed by atoms with Gasteiger partial charge in [0.15, 0.2) is 6.10 Å². The number of rotatable bonds is 7. The first-order chi connectivity index (χ1) is 6.07. The van der Waals surface area contributed by atoms with E-state index in [0.29, 0.717) is 0 Å². The molecule has 0 rings (SSSR count). The lowest BCUT2D eigenvalue weighted by Crippen LogP contribution is -2.25. The fourth-order valence-corrected chi connectivity index (χ4v) is 0.683. The van der Waals surface area contributed by atoms with Crippen molar-refractivity contribution in [3.8, 4) is 0 Å². The Balaban J connectivity index is 3.80. The van der Waals surface area contributed by atoms with Gasteiger partial charge in [-0.2, -0.15) is 0 Å². The van der Waals surface area contributed by atoms with E-state index in [1.54, 1.807) is 0 Å². The number of methoxy groups -OCH3 is 1. The maximum atomic E-state index is 10.4. The van der Waals surface area contributed by atoms with Crippen LogP contribution in [0.5, 0.6) is 0 Å². The van der Waals surface area contributed by atoms with Crippen molar-refractivity contribution in [3.63, 3.8) is 0 Å². The van der Waals surface area contributed by atoms with Crippen molar-refractivity contribution < 1.29 is 29.3 Å². The van der Waals surface area contributed by atoms with Crippen LogP contribution in [0.1, 0.15) is 12.8 Å². The van der Waals surface area contributed by atoms with Gasteiger partial charge in [0.05, 0.1) is 0 Å². The van der Waals surface area contributed by atoms with Crippen LogP contribution in [0.2, 0.25) is 0 Å². The smallest absolute Gasteiger partial charge is 0.332 e. The number of hydrogen-bond acceptors (Lipinski definition) is 4. The quantitative estimate of drug-likeness (QED) is 0.548. The van der Waals surface area contributed by atoms with Crippen molar-refractivity contribution >= 4 is 11.9 Å². The molecule has 0 spiro atoms. The Morgan fingerprint density at radius 1 is 1.38 bits per heavy atom. The molecular weight excluding hydrogens is 180 g/mol. The van der Waals surface area contributed by atoms with Crippen molar-refractivity contribution in [1.29, 1.82) is 0 Å². The number of carbonyl (C=O) groups is 2. The molecule has 0 fully saturated rings. The SMILES string of the molecule is COCO[C@H](CCC(=O)O)C(=O)O. The van der Waals surface area contributed by atoms with E-state index in [1.807, 2.05) is 0 Å². The Morgan fingerprint density at radius 2 is 2.00 bits per heavy atom. The minimum atomic E-state index is -1.18. The fourth-order valence-electron chi connectivity index (χ4n) is 0.683. The molecule has 13 heavy (non-hydrogen) atoms. The van der Waals surface area contributed by atoms with E-state index < -0.39 is 18.0 Å². The van der Waals surface area contributed by atoms with Crippen molar-refractivity contribution in [2.45, 2.75) is 18.9 Å². The predicted octanol–water partition coefficient (Wildman–Crippen LogP) is -0.0751. The second-order valence-electron chi connectivity index (χ2n) is 2.33. The zero-order valence-corrected chi connectivity index (χ0v) is 7.23. The molecule has 2 N–H and O–H groups in total. The summed E-state index contributed by atoms with van der Waals surface area (Å²) in [6.07, 6.45) is -1.41. The summed E-state index contributed by atoms with van der Waals surface area (Å²) in [6.45, 7) is -0.156. The maximum Gasteiger partial charge on any atom is 0.332 e. The van der Waals surface area contributed by atoms with Crippen LogP contribution in [0.3, 0.4) is 0 Å². The summed E-state index contributed by atoms with van der Waals surface area (Å²) in [5.41, 5.74) is 0. The standard InChI is InChI=1S/C7H12O6/c1-12-4-13-5(7(10)11)2-3-6(8)9/h5H,2-4H2,1H3,(H,8,9)(H,10,11)/t5-/m1/s1. The van der Waals surface area contributed by atoms with Gasteiger partial charge in [-0.3, -0.25) is 4.79 Å². The lowest BCUT2D eigenvalue weighted by molar-refractivity contribution is -0.160. The molecule has 1 atom stereocenters. The predicted molar refractivity (Wildman–Crippen MR) is 41.3 cm³/mol. The van der Waals surface area contributed by atoms with Crippen molar-refractivity contribution in [3.05, 3.63) is 0 Å². The van der Waals surface area contributed by atoms with Crippen LogP contribution in [0.15, 0.2) is 0 Å². The molecule has 76 valence electrons. The van der Waals surface area contributed by atoms with Crippen molar-refractivity contribution in [2.24, 2.45) is 0 Å². The molecule has 0 aliphatic rings. The summed E-state index contributed by atoms with van der Waals surface area (Å²) < 4.78 is 9.21.